The van der Waals surface area contributed by atoms with E-state index in [9.17, 15) is 9.59 Å². The van der Waals surface area contributed by atoms with Gasteiger partial charge in [0.25, 0.3) is 0 Å². The highest BCUT2D eigenvalue weighted by atomic mass is 16.5. The largest absolute Gasteiger partial charge is 0.466 e. The number of carbonyl (C=O) groups is 2. The number of esters is 2. The first kappa shape index (κ1) is 16.3. The van der Waals surface area contributed by atoms with Crippen LogP contribution >= 0.6 is 0 Å². The number of aryl methyl sites for hydroxylation is 1. The van der Waals surface area contributed by atoms with Crippen molar-refractivity contribution in [1.29, 1.82) is 0 Å². The summed E-state index contributed by atoms with van der Waals surface area (Å²) >= 11 is 0. The smallest absolute Gasteiger partial charge is 0.354 e. The van der Waals surface area contributed by atoms with Gasteiger partial charge in [0, 0.05) is 5.69 Å². The Morgan fingerprint density at radius 1 is 1.15 bits per heavy atom. The van der Waals surface area contributed by atoms with Crippen LogP contribution in [-0.2, 0) is 20.7 Å². The zero-order valence-electron chi connectivity index (χ0n) is 12.4. The molecule has 5 nitrogen and oxygen atoms in total. The molecule has 0 saturated heterocycles. The van der Waals surface area contributed by atoms with E-state index in [2.05, 4.69) is 4.98 Å². The molecule has 1 unspecified atom stereocenters. The lowest BCUT2D eigenvalue weighted by molar-refractivity contribution is -0.148. The third-order valence-corrected chi connectivity index (χ3v) is 3.12. The number of hydrogen-bond donors (Lipinski definition) is 1. The predicted octanol–water partition coefficient (Wildman–Crippen LogP) is 2.71. The zero-order chi connectivity index (χ0) is 15.0. The van der Waals surface area contributed by atoms with Crippen molar-refractivity contribution in [1.82, 2.24) is 4.98 Å². The van der Waals surface area contributed by atoms with Crippen LogP contribution in [0.15, 0.2) is 12.1 Å². The maximum absolute atomic E-state index is 11.7. The third-order valence-electron chi connectivity index (χ3n) is 3.12. The molecule has 1 N–H and O–H groups in total. The van der Waals surface area contributed by atoms with E-state index in [4.69, 9.17) is 9.47 Å². The van der Waals surface area contributed by atoms with Gasteiger partial charge >= 0.3 is 11.9 Å². The Balaban J connectivity index is 2.52. The number of H-pyrrole nitrogens is 1. The van der Waals surface area contributed by atoms with Gasteiger partial charge in [0.05, 0.1) is 19.1 Å². The lowest BCUT2D eigenvalue weighted by Gasteiger charge is -2.12. The Morgan fingerprint density at radius 3 is 2.45 bits per heavy atom. The van der Waals surface area contributed by atoms with Crippen molar-refractivity contribution < 1.29 is 19.1 Å². The van der Waals surface area contributed by atoms with E-state index < -0.39 is 0 Å². The number of ether oxygens (including phenoxy) is 2. The third kappa shape index (κ3) is 4.72. The molecular formula is C15H23NO4. The molecule has 0 aromatic carbocycles. The molecule has 0 radical (unpaired) electrons. The highest BCUT2D eigenvalue weighted by Crippen LogP contribution is 2.15. The minimum atomic E-state index is -0.351. The summed E-state index contributed by atoms with van der Waals surface area (Å²) in [5.41, 5.74) is 1.38. The number of nitrogens with one attached hydrogen (secondary N) is 1. The van der Waals surface area contributed by atoms with Crippen LogP contribution in [0.5, 0.6) is 0 Å². The average Bonchev–Trinajstić information content (AvgIpc) is 2.89. The quantitative estimate of drug-likeness (QED) is 0.744. The van der Waals surface area contributed by atoms with Crippen molar-refractivity contribution in [2.45, 2.75) is 40.0 Å². The minimum Gasteiger partial charge on any atom is -0.466 e. The number of rotatable bonds is 8. The normalized spacial score (nSPS) is 11.9. The van der Waals surface area contributed by atoms with E-state index in [-0.39, 0.29) is 17.9 Å². The first-order valence-electron chi connectivity index (χ1n) is 7.13. The van der Waals surface area contributed by atoms with Crippen LogP contribution in [0.25, 0.3) is 0 Å². The van der Waals surface area contributed by atoms with Gasteiger partial charge in [-0.2, -0.15) is 0 Å². The molecule has 1 atom stereocenters. The molecule has 5 heteroatoms. The SMILES string of the molecule is CCOC(=O)c1ccc(CCC(CC)C(=O)OCC)[nH]1. The van der Waals surface area contributed by atoms with Crippen molar-refractivity contribution in [2.24, 2.45) is 5.92 Å². The number of aromatic nitrogens is 1. The second-order valence-electron chi connectivity index (χ2n) is 4.51. The molecule has 20 heavy (non-hydrogen) atoms. The van der Waals surface area contributed by atoms with Gasteiger partial charge in [-0.05, 0) is 45.2 Å². The van der Waals surface area contributed by atoms with Gasteiger partial charge in [0.2, 0.25) is 0 Å². The summed E-state index contributed by atoms with van der Waals surface area (Å²) < 4.78 is 9.95. The monoisotopic (exact) mass is 281 g/mol. The lowest BCUT2D eigenvalue weighted by atomic mass is 9.99. The Kier molecular flexibility index (Phi) is 6.84. The van der Waals surface area contributed by atoms with Crippen LogP contribution in [0.1, 0.15) is 49.8 Å². The van der Waals surface area contributed by atoms with Crippen molar-refractivity contribution in [2.75, 3.05) is 13.2 Å². The number of carbonyl (C=O) groups excluding carboxylic acids is 2. The van der Waals surface area contributed by atoms with Crippen molar-refractivity contribution >= 4 is 11.9 Å². The molecule has 0 saturated carbocycles. The maximum Gasteiger partial charge on any atom is 0.354 e. The molecule has 0 aliphatic rings. The molecule has 1 aromatic rings. The van der Waals surface area contributed by atoms with Crippen LogP contribution < -0.4 is 0 Å². The molecule has 1 aromatic heterocycles. The van der Waals surface area contributed by atoms with E-state index in [0.717, 1.165) is 12.1 Å². The van der Waals surface area contributed by atoms with Gasteiger partial charge in [0.1, 0.15) is 5.69 Å². The summed E-state index contributed by atoms with van der Waals surface area (Å²) in [4.78, 5) is 26.2. The van der Waals surface area contributed by atoms with Crippen molar-refractivity contribution in [3.8, 4) is 0 Å². The van der Waals surface area contributed by atoms with Crippen LogP contribution in [-0.4, -0.2) is 30.1 Å². The van der Waals surface area contributed by atoms with Crippen molar-refractivity contribution in [3.63, 3.8) is 0 Å². The van der Waals surface area contributed by atoms with Gasteiger partial charge in [-0.25, -0.2) is 4.79 Å². The minimum absolute atomic E-state index is 0.0932. The van der Waals surface area contributed by atoms with Gasteiger partial charge in [0.15, 0.2) is 0 Å². The fraction of sp³-hybridized carbons (Fsp3) is 0.600. The molecule has 1 rings (SSSR count). The summed E-state index contributed by atoms with van der Waals surface area (Å²) in [6.45, 7) is 6.31. The topological polar surface area (TPSA) is 68.4 Å². The zero-order valence-corrected chi connectivity index (χ0v) is 12.4. The van der Waals surface area contributed by atoms with Gasteiger partial charge in [-0.3, -0.25) is 4.79 Å². The maximum atomic E-state index is 11.7. The Morgan fingerprint density at radius 2 is 1.85 bits per heavy atom. The summed E-state index contributed by atoms with van der Waals surface area (Å²) in [6.07, 6.45) is 2.17. The summed E-state index contributed by atoms with van der Waals surface area (Å²) in [7, 11) is 0. The van der Waals surface area contributed by atoms with Crippen molar-refractivity contribution in [3.05, 3.63) is 23.5 Å². The molecule has 112 valence electrons. The number of hydrogen-bond acceptors (Lipinski definition) is 4. The van der Waals surface area contributed by atoms with Crippen LogP contribution in [0.4, 0.5) is 0 Å². The summed E-state index contributed by atoms with van der Waals surface area (Å²) in [6, 6.07) is 3.56. The van der Waals surface area contributed by atoms with E-state index in [0.29, 0.717) is 31.7 Å². The lowest BCUT2D eigenvalue weighted by Crippen LogP contribution is -2.17. The second-order valence-corrected chi connectivity index (χ2v) is 4.51. The molecule has 1 heterocycles. The fourth-order valence-corrected chi connectivity index (χ4v) is 1.99. The molecule has 0 amide bonds. The Bertz CT molecular complexity index is 439. The first-order chi connectivity index (χ1) is 9.62. The Labute approximate surface area is 119 Å². The van der Waals surface area contributed by atoms with E-state index >= 15 is 0 Å². The van der Waals surface area contributed by atoms with Gasteiger partial charge < -0.3 is 14.5 Å². The highest BCUT2D eigenvalue weighted by Gasteiger charge is 2.18. The standard InChI is InChI=1S/C15H23NO4/c1-4-11(14(17)19-5-2)7-8-12-9-10-13(16-12)15(18)20-6-3/h9-11,16H,4-8H2,1-3H3. The van der Waals surface area contributed by atoms with Crippen LogP contribution in [0.2, 0.25) is 0 Å². The van der Waals surface area contributed by atoms with Gasteiger partial charge in [-0.1, -0.05) is 6.92 Å². The Hall–Kier alpha value is -1.78. The van der Waals surface area contributed by atoms with E-state index in [1.165, 1.54) is 0 Å². The van der Waals surface area contributed by atoms with E-state index in [1.54, 1.807) is 19.9 Å². The molecule has 0 aliphatic heterocycles. The molecule has 0 spiro atoms. The summed E-state index contributed by atoms with van der Waals surface area (Å²) in [5, 5.41) is 0. The molecular weight excluding hydrogens is 258 g/mol. The van der Waals surface area contributed by atoms with Crippen LogP contribution in [0, 0.1) is 5.92 Å². The average molecular weight is 281 g/mol. The second kappa shape index (κ2) is 8.40. The van der Waals surface area contributed by atoms with Crippen LogP contribution in [0.3, 0.4) is 0 Å². The molecule has 0 bridgehead atoms. The predicted molar refractivity (Wildman–Crippen MR) is 75.5 cm³/mol. The van der Waals surface area contributed by atoms with E-state index in [1.807, 2.05) is 13.0 Å². The van der Waals surface area contributed by atoms with Gasteiger partial charge in [-0.15, -0.1) is 0 Å². The summed E-state index contributed by atoms with van der Waals surface area (Å²) in [5.74, 6) is -0.590. The highest BCUT2D eigenvalue weighted by molar-refractivity contribution is 5.87. The molecule has 0 fully saturated rings. The number of aromatic amines is 1. The molecule has 0 aliphatic carbocycles. The first-order valence-corrected chi connectivity index (χ1v) is 7.13. The fourth-order valence-electron chi connectivity index (χ4n) is 1.99.